The van der Waals surface area contributed by atoms with Crippen LogP contribution in [-0.2, 0) is 21.4 Å². The Labute approximate surface area is 187 Å². The average molecular weight is 512 g/mol. The van der Waals surface area contributed by atoms with Gasteiger partial charge in [-0.25, -0.2) is 12.8 Å². The molecular weight excluding hydrogens is 495 g/mol. The van der Waals surface area contributed by atoms with Crippen LogP contribution in [0.4, 0.5) is 10.1 Å². The van der Waals surface area contributed by atoms with E-state index in [4.69, 9.17) is 11.6 Å². The van der Waals surface area contributed by atoms with Crippen LogP contribution < -0.4 is 5.32 Å². The molecule has 0 fully saturated rings. The van der Waals surface area contributed by atoms with Crippen LogP contribution in [0.3, 0.4) is 0 Å². The summed E-state index contributed by atoms with van der Waals surface area (Å²) in [7, 11) is -4.09. The molecular formula is C21H17BrClFN2O3S. The van der Waals surface area contributed by atoms with Gasteiger partial charge < -0.3 is 5.32 Å². The van der Waals surface area contributed by atoms with E-state index in [1.165, 1.54) is 42.5 Å². The summed E-state index contributed by atoms with van der Waals surface area (Å²) >= 11 is 9.16. The van der Waals surface area contributed by atoms with Gasteiger partial charge in [0.05, 0.1) is 11.4 Å². The molecule has 9 heteroatoms. The van der Waals surface area contributed by atoms with Crippen molar-refractivity contribution in [3.8, 4) is 0 Å². The van der Waals surface area contributed by atoms with E-state index < -0.39 is 28.3 Å². The lowest BCUT2D eigenvalue weighted by Gasteiger charge is -2.22. The van der Waals surface area contributed by atoms with Crippen molar-refractivity contribution in [1.82, 2.24) is 4.31 Å². The fourth-order valence-corrected chi connectivity index (χ4v) is 4.46. The minimum absolute atomic E-state index is 0.0420. The van der Waals surface area contributed by atoms with E-state index in [1.54, 1.807) is 30.3 Å². The highest BCUT2D eigenvalue weighted by Gasteiger charge is 2.27. The molecule has 1 N–H and O–H groups in total. The normalized spacial score (nSPS) is 11.5. The van der Waals surface area contributed by atoms with E-state index in [-0.39, 0.29) is 17.0 Å². The van der Waals surface area contributed by atoms with Crippen molar-refractivity contribution >= 4 is 49.1 Å². The number of carbonyl (C=O) groups is 1. The molecule has 0 aliphatic heterocycles. The molecule has 0 aliphatic carbocycles. The van der Waals surface area contributed by atoms with Crippen molar-refractivity contribution in [1.29, 1.82) is 0 Å². The molecule has 0 bridgehead atoms. The number of anilines is 1. The summed E-state index contributed by atoms with van der Waals surface area (Å²) in [6.07, 6.45) is 0. The van der Waals surface area contributed by atoms with Crippen LogP contribution in [0.2, 0.25) is 5.02 Å². The highest BCUT2D eigenvalue weighted by Crippen LogP contribution is 2.22. The molecule has 0 saturated carbocycles. The number of carbonyl (C=O) groups excluding carboxylic acids is 1. The first-order valence-corrected chi connectivity index (χ1v) is 11.4. The van der Waals surface area contributed by atoms with Gasteiger partial charge in [0.1, 0.15) is 5.82 Å². The quantitative estimate of drug-likeness (QED) is 0.482. The van der Waals surface area contributed by atoms with Gasteiger partial charge in [-0.1, -0.05) is 45.7 Å². The number of rotatable bonds is 7. The molecule has 0 radical (unpaired) electrons. The predicted molar refractivity (Wildman–Crippen MR) is 118 cm³/mol. The molecule has 0 unspecified atom stereocenters. The highest BCUT2D eigenvalue weighted by atomic mass is 79.9. The van der Waals surface area contributed by atoms with E-state index in [0.29, 0.717) is 10.7 Å². The summed E-state index contributed by atoms with van der Waals surface area (Å²) in [5, 5.41) is 3.03. The Morgan fingerprint density at radius 2 is 1.63 bits per heavy atom. The van der Waals surface area contributed by atoms with Gasteiger partial charge in [-0.05, 0) is 54.6 Å². The molecule has 3 aromatic carbocycles. The molecule has 1 amide bonds. The zero-order valence-electron chi connectivity index (χ0n) is 15.6. The van der Waals surface area contributed by atoms with E-state index in [1.807, 2.05) is 0 Å². The third kappa shape index (κ3) is 5.66. The Morgan fingerprint density at radius 3 is 2.27 bits per heavy atom. The lowest BCUT2D eigenvalue weighted by atomic mass is 10.2. The van der Waals surface area contributed by atoms with Gasteiger partial charge >= 0.3 is 0 Å². The van der Waals surface area contributed by atoms with Crippen LogP contribution in [0.5, 0.6) is 0 Å². The van der Waals surface area contributed by atoms with Crippen molar-refractivity contribution in [2.24, 2.45) is 0 Å². The summed E-state index contributed by atoms with van der Waals surface area (Å²) in [6.45, 7) is -0.791. The third-order valence-corrected chi connectivity index (χ3v) is 6.79. The van der Waals surface area contributed by atoms with Gasteiger partial charge in [0, 0.05) is 27.3 Å². The lowest BCUT2D eigenvalue weighted by molar-refractivity contribution is -0.116. The molecule has 156 valence electrons. The maximum Gasteiger partial charge on any atom is 0.243 e. The van der Waals surface area contributed by atoms with Crippen LogP contribution >= 0.6 is 27.5 Å². The van der Waals surface area contributed by atoms with Crippen molar-refractivity contribution in [3.05, 3.63) is 93.7 Å². The number of hydrogen-bond acceptors (Lipinski definition) is 3. The molecule has 30 heavy (non-hydrogen) atoms. The molecule has 3 rings (SSSR count). The molecule has 0 atom stereocenters. The topological polar surface area (TPSA) is 66.5 Å². The second-order valence-corrected chi connectivity index (χ2v) is 9.66. The average Bonchev–Trinajstić information content (AvgIpc) is 2.71. The summed E-state index contributed by atoms with van der Waals surface area (Å²) in [6, 6.07) is 18.3. The number of sulfonamides is 1. The molecule has 5 nitrogen and oxygen atoms in total. The fraction of sp³-hybridized carbons (Fsp3) is 0.0952. The number of hydrogen-bond donors (Lipinski definition) is 1. The number of benzene rings is 3. The Morgan fingerprint density at radius 1 is 1.00 bits per heavy atom. The summed E-state index contributed by atoms with van der Waals surface area (Å²) in [4.78, 5) is 12.5. The predicted octanol–water partition coefficient (Wildman–Crippen LogP) is 5.07. The van der Waals surface area contributed by atoms with E-state index >= 15 is 0 Å². The molecule has 0 spiro atoms. The zero-order chi connectivity index (χ0) is 21.7. The van der Waals surface area contributed by atoms with Crippen molar-refractivity contribution in [2.45, 2.75) is 11.4 Å². The van der Waals surface area contributed by atoms with Crippen molar-refractivity contribution in [3.63, 3.8) is 0 Å². The van der Waals surface area contributed by atoms with Gasteiger partial charge in [-0.3, -0.25) is 4.79 Å². The molecule has 0 saturated heterocycles. The van der Waals surface area contributed by atoms with Crippen LogP contribution in [0.25, 0.3) is 0 Å². The largest absolute Gasteiger partial charge is 0.325 e. The number of nitrogens with zero attached hydrogens (tertiary/aromatic N) is 1. The Kier molecular flexibility index (Phi) is 7.25. The molecule has 0 aromatic heterocycles. The SMILES string of the molecule is O=C(CN(Cc1ccccc1F)S(=O)(=O)c1ccc(Cl)cc1)Nc1ccc(Br)cc1. The van der Waals surface area contributed by atoms with Crippen LogP contribution in [0.15, 0.2) is 82.2 Å². The molecule has 0 heterocycles. The van der Waals surface area contributed by atoms with Gasteiger partial charge in [0.15, 0.2) is 0 Å². The first kappa shape index (κ1) is 22.4. The van der Waals surface area contributed by atoms with Crippen molar-refractivity contribution < 1.29 is 17.6 Å². The fourth-order valence-electron chi connectivity index (χ4n) is 2.69. The smallest absolute Gasteiger partial charge is 0.243 e. The number of nitrogens with one attached hydrogen (secondary N) is 1. The van der Waals surface area contributed by atoms with E-state index in [9.17, 15) is 17.6 Å². The molecule has 0 aliphatic rings. The van der Waals surface area contributed by atoms with Crippen LogP contribution in [-0.4, -0.2) is 25.2 Å². The highest BCUT2D eigenvalue weighted by molar-refractivity contribution is 9.10. The lowest BCUT2D eigenvalue weighted by Crippen LogP contribution is -2.37. The first-order chi connectivity index (χ1) is 14.3. The molecule has 3 aromatic rings. The van der Waals surface area contributed by atoms with Crippen molar-refractivity contribution in [2.75, 3.05) is 11.9 Å². The summed E-state index contributed by atoms with van der Waals surface area (Å²) in [5.41, 5.74) is 0.671. The Hall–Kier alpha value is -2.26. The second kappa shape index (κ2) is 9.70. The number of halogens is 3. The summed E-state index contributed by atoms with van der Waals surface area (Å²) in [5.74, 6) is -1.10. The monoisotopic (exact) mass is 510 g/mol. The first-order valence-electron chi connectivity index (χ1n) is 8.80. The maximum absolute atomic E-state index is 14.2. The van der Waals surface area contributed by atoms with Gasteiger partial charge in [-0.2, -0.15) is 4.31 Å². The minimum Gasteiger partial charge on any atom is -0.325 e. The maximum atomic E-state index is 14.2. The van der Waals surface area contributed by atoms with Crippen LogP contribution in [0, 0.1) is 5.82 Å². The number of amides is 1. The minimum atomic E-state index is -4.09. The van der Waals surface area contributed by atoms with Gasteiger partial charge in [0.2, 0.25) is 15.9 Å². The van der Waals surface area contributed by atoms with E-state index in [0.717, 1.165) is 8.78 Å². The summed E-state index contributed by atoms with van der Waals surface area (Å²) < 4.78 is 42.3. The van der Waals surface area contributed by atoms with Gasteiger partial charge in [0.25, 0.3) is 0 Å². The Balaban J connectivity index is 1.88. The third-order valence-electron chi connectivity index (χ3n) is 4.20. The van der Waals surface area contributed by atoms with Crippen LogP contribution in [0.1, 0.15) is 5.56 Å². The second-order valence-electron chi connectivity index (χ2n) is 6.37. The zero-order valence-corrected chi connectivity index (χ0v) is 18.7. The Bertz CT molecular complexity index is 1140. The van der Waals surface area contributed by atoms with E-state index in [2.05, 4.69) is 21.2 Å². The van der Waals surface area contributed by atoms with Gasteiger partial charge in [-0.15, -0.1) is 0 Å². The standard InChI is InChI=1S/C21H17BrClFN2O3S/c22-16-5-9-18(10-6-16)25-21(27)14-26(13-15-3-1-2-4-20(15)24)30(28,29)19-11-7-17(23)8-12-19/h1-12H,13-14H2,(H,25,27).